The molecule has 1 saturated heterocycles. The van der Waals surface area contributed by atoms with E-state index in [0.29, 0.717) is 17.1 Å². The predicted molar refractivity (Wildman–Crippen MR) is 110 cm³/mol. The molecule has 1 atom stereocenters. The van der Waals surface area contributed by atoms with Crippen LogP contribution in [-0.4, -0.2) is 38.1 Å². The molecule has 0 radical (unpaired) electrons. The number of nitrogens with zero attached hydrogens (tertiary/aromatic N) is 2. The fourth-order valence-electron chi connectivity index (χ4n) is 3.58. The number of nitro groups is 1. The maximum Gasteiger partial charge on any atom is 0.270 e. The van der Waals surface area contributed by atoms with Crippen molar-refractivity contribution in [2.75, 3.05) is 32.2 Å². The molecule has 0 aromatic heterocycles. The molecule has 0 bridgehead atoms. The second-order valence-electron chi connectivity index (χ2n) is 6.96. The minimum absolute atomic E-state index is 0.107. The van der Waals surface area contributed by atoms with E-state index in [1.807, 2.05) is 6.92 Å². The van der Waals surface area contributed by atoms with Crippen LogP contribution in [0.5, 0.6) is 11.5 Å². The zero-order valence-electron chi connectivity index (χ0n) is 16.8. The molecule has 154 valence electrons. The topological polar surface area (TPSA) is 93.9 Å². The Morgan fingerprint density at radius 1 is 1.14 bits per heavy atom. The van der Waals surface area contributed by atoms with Gasteiger partial charge in [0.15, 0.2) is 0 Å². The number of carbonyl (C=O) groups excluding carboxylic acids is 1. The Balaban J connectivity index is 1.91. The predicted octanol–water partition coefficient (Wildman–Crippen LogP) is 3.70. The minimum Gasteiger partial charge on any atom is -0.497 e. The summed E-state index contributed by atoms with van der Waals surface area (Å²) < 4.78 is 10.7. The quantitative estimate of drug-likeness (QED) is 0.564. The maximum absolute atomic E-state index is 13.1. The summed E-state index contributed by atoms with van der Waals surface area (Å²) in [5.74, 6) is 0.903. The van der Waals surface area contributed by atoms with Crippen LogP contribution in [0.25, 0.3) is 0 Å². The number of nitro benzene ring substituents is 1. The molecular weight excluding hydrogens is 374 g/mol. The van der Waals surface area contributed by atoms with E-state index >= 15 is 0 Å². The van der Waals surface area contributed by atoms with Crippen molar-refractivity contribution in [1.29, 1.82) is 0 Å². The lowest BCUT2D eigenvalue weighted by molar-refractivity contribution is -0.384. The van der Waals surface area contributed by atoms with Gasteiger partial charge in [0.05, 0.1) is 36.4 Å². The van der Waals surface area contributed by atoms with Crippen LogP contribution in [0.15, 0.2) is 36.4 Å². The summed E-state index contributed by atoms with van der Waals surface area (Å²) >= 11 is 0. The Bertz CT molecular complexity index is 909. The van der Waals surface area contributed by atoms with Gasteiger partial charge in [-0.2, -0.15) is 0 Å². The van der Waals surface area contributed by atoms with E-state index in [1.54, 1.807) is 38.5 Å². The molecule has 1 unspecified atom stereocenters. The highest BCUT2D eigenvalue weighted by Gasteiger charge is 2.24. The van der Waals surface area contributed by atoms with Crippen LogP contribution >= 0.6 is 0 Å². The summed E-state index contributed by atoms with van der Waals surface area (Å²) in [7, 11) is 3.13. The number of ether oxygens (including phenoxy) is 2. The molecule has 1 fully saturated rings. The van der Waals surface area contributed by atoms with E-state index < -0.39 is 11.0 Å². The van der Waals surface area contributed by atoms with E-state index in [4.69, 9.17) is 9.47 Å². The molecule has 1 aliphatic rings. The maximum atomic E-state index is 13.1. The molecule has 8 heteroatoms. The van der Waals surface area contributed by atoms with Crippen molar-refractivity contribution in [3.8, 4) is 11.5 Å². The van der Waals surface area contributed by atoms with Gasteiger partial charge in [0, 0.05) is 30.8 Å². The van der Waals surface area contributed by atoms with Crippen LogP contribution in [-0.2, 0) is 0 Å². The van der Waals surface area contributed by atoms with E-state index in [1.165, 1.54) is 12.1 Å². The molecule has 29 heavy (non-hydrogen) atoms. The first kappa shape index (κ1) is 20.4. The van der Waals surface area contributed by atoms with Crippen molar-refractivity contribution in [1.82, 2.24) is 5.32 Å². The molecule has 0 saturated carbocycles. The van der Waals surface area contributed by atoms with Crippen molar-refractivity contribution in [3.63, 3.8) is 0 Å². The Hall–Kier alpha value is -3.29. The van der Waals surface area contributed by atoms with Crippen LogP contribution < -0.4 is 19.7 Å². The lowest BCUT2D eigenvalue weighted by Gasteiger charge is -2.23. The molecule has 0 spiro atoms. The van der Waals surface area contributed by atoms with E-state index in [0.717, 1.165) is 37.2 Å². The molecule has 1 amide bonds. The van der Waals surface area contributed by atoms with Crippen molar-refractivity contribution >= 4 is 17.3 Å². The SMILES string of the molecule is COc1ccc(OC)c(C(C)NC(=O)c2cc([N+](=O)[O-])ccc2N2CCCC2)c1. The van der Waals surface area contributed by atoms with Crippen molar-refractivity contribution in [2.24, 2.45) is 0 Å². The highest BCUT2D eigenvalue weighted by atomic mass is 16.6. The third-order valence-electron chi connectivity index (χ3n) is 5.13. The van der Waals surface area contributed by atoms with Gasteiger partial charge in [-0.3, -0.25) is 14.9 Å². The highest BCUT2D eigenvalue weighted by molar-refractivity contribution is 6.00. The van der Waals surface area contributed by atoms with E-state index in [-0.39, 0.29) is 11.6 Å². The lowest BCUT2D eigenvalue weighted by atomic mass is 10.0. The van der Waals surface area contributed by atoms with Crippen LogP contribution in [0.1, 0.15) is 41.7 Å². The van der Waals surface area contributed by atoms with Gasteiger partial charge >= 0.3 is 0 Å². The van der Waals surface area contributed by atoms with Gasteiger partial charge in [-0.15, -0.1) is 0 Å². The molecule has 1 heterocycles. The standard InChI is InChI=1S/C21H25N3O5/c1-14(17-13-16(28-2)7-9-20(17)29-3)22-21(25)18-12-15(24(26)27)6-8-19(18)23-10-4-5-11-23/h6-9,12-14H,4-5,10-11H2,1-3H3,(H,22,25). The number of rotatable bonds is 7. The second-order valence-corrected chi connectivity index (χ2v) is 6.96. The van der Waals surface area contributed by atoms with Gasteiger partial charge in [0.25, 0.3) is 11.6 Å². The molecule has 1 aliphatic heterocycles. The zero-order chi connectivity index (χ0) is 21.0. The van der Waals surface area contributed by atoms with Crippen molar-refractivity contribution in [3.05, 3.63) is 57.6 Å². The number of anilines is 1. The number of amides is 1. The number of hydrogen-bond donors (Lipinski definition) is 1. The van der Waals surface area contributed by atoms with E-state index in [2.05, 4.69) is 10.2 Å². The largest absolute Gasteiger partial charge is 0.497 e. The Labute approximate surface area is 169 Å². The Morgan fingerprint density at radius 2 is 1.86 bits per heavy atom. The number of benzene rings is 2. The summed E-state index contributed by atoms with van der Waals surface area (Å²) in [6, 6.07) is 9.42. The third kappa shape index (κ3) is 4.42. The summed E-state index contributed by atoms with van der Waals surface area (Å²) in [6.07, 6.45) is 2.07. The number of methoxy groups -OCH3 is 2. The van der Waals surface area contributed by atoms with Crippen LogP contribution in [0.3, 0.4) is 0 Å². The average molecular weight is 399 g/mol. The zero-order valence-corrected chi connectivity index (χ0v) is 16.8. The smallest absolute Gasteiger partial charge is 0.270 e. The van der Waals surface area contributed by atoms with Gasteiger partial charge < -0.3 is 19.7 Å². The van der Waals surface area contributed by atoms with Gasteiger partial charge in [0.2, 0.25) is 0 Å². The number of carbonyl (C=O) groups is 1. The molecule has 2 aromatic rings. The Morgan fingerprint density at radius 3 is 2.48 bits per heavy atom. The van der Waals surface area contributed by atoms with Crippen LogP contribution in [0.4, 0.5) is 11.4 Å². The minimum atomic E-state index is -0.487. The first-order valence-corrected chi connectivity index (χ1v) is 9.50. The molecule has 2 aromatic carbocycles. The summed E-state index contributed by atoms with van der Waals surface area (Å²) in [6.45, 7) is 3.50. The fourth-order valence-corrected chi connectivity index (χ4v) is 3.58. The number of non-ortho nitro benzene ring substituents is 1. The molecule has 3 rings (SSSR count). The summed E-state index contributed by atoms with van der Waals surface area (Å²) in [5.41, 5.74) is 1.67. The highest BCUT2D eigenvalue weighted by Crippen LogP contribution is 2.31. The van der Waals surface area contributed by atoms with E-state index in [9.17, 15) is 14.9 Å². The Kier molecular flexibility index (Phi) is 6.21. The summed E-state index contributed by atoms with van der Waals surface area (Å²) in [4.78, 5) is 25.9. The van der Waals surface area contributed by atoms with Gasteiger partial charge in [-0.1, -0.05) is 0 Å². The number of hydrogen-bond acceptors (Lipinski definition) is 6. The van der Waals surface area contributed by atoms with Gasteiger partial charge in [-0.25, -0.2) is 0 Å². The monoisotopic (exact) mass is 399 g/mol. The van der Waals surface area contributed by atoms with Crippen molar-refractivity contribution in [2.45, 2.75) is 25.8 Å². The summed E-state index contributed by atoms with van der Waals surface area (Å²) in [5, 5.41) is 14.2. The molecule has 0 aliphatic carbocycles. The average Bonchev–Trinajstić information content (AvgIpc) is 3.27. The normalized spacial score (nSPS) is 14.4. The molecular formula is C21H25N3O5. The van der Waals surface area contributed by atoms with Gasteiger partial charge in [-0.05, 0) is 44.0 Å². The molecule has 8 nitrogen and oxygen atoms in total. The van der Waals surface area contributed by atoms with Crippen LogP contribution in [0, 0.1) is 10.1 Å². The van der Waals surface area contributed by atoms with Gasteiger partial charge in [0.1, 0.15) is 11.5 Å². The first-order chi connectivity index (χ1) is 13.9. The van der Waals surface area contributed by atoms with Crippen LogP contribution in [0.2, 0.25) is 0 Å². The fraction of sp³-hybridized carbons (Fsp3) is 0.381. The first-order valence-electron chi connectivity index (χ1n) is 9.50. The molecule has 1 N–H and O–H groups in total. The second kappa shape index (κ2) is 8.81. The van der Waals surface area contributed by atoms with Crippen molar-refractivity contribution < 1.29 is 19.2 Å². The lowest BCUT2D eigenvalue weighted by Crippen LogP contribution is -2.29. The number of nitrogens with one attached hydrogen (secondary N) is 1. The third-order valence-corrected chi connectivity index (χ3v) is 5.13.